The van der Waals surface area contributed by atoms with Crippen molar-refractivity contribution in [2.45, 2.75) is 97.8 Å². The SMILES string of the molecule is CC(C)CCCCCCCC(C)C(=O)OCCCCCCCBr. The van der Waals surface area contributed by atoms with E-state index < -0.39 is 0 Å². The Morgan fingerprint density at radius 2 is 1.30 bits per heavy atom. The van der Waals surface area contributed by atoms with E-state index in [9.17, 15) is 4.79 Å². The van der Waals surface area contributed by atoms with E-state index >= 15 is 0 Å². The molecule has 23 heavy (non-hydrogen) atoms. The summed E-state index contributed by atoms with van der Waals surface area (Å²) in [5, 5.41) is 1.09. The van der Waals surface area contributed by atoms with E-state index in [0.29, 0.717) is 6.61 Å². The maximum absolute atomic E-state index is 11.9. The second kappa shape index (κ2) is 16.8. The fourth-order valence-electron chi connectivity index (χ4n) is 2.69. The zero-order chi connectivity index (χ0) is 17.3. The van der Waals surface area contributed by atoms with E-state index in [1.807, 2.05) is 6.92 Å². The monoisotopic (exact) mass is 390 g/mol. The van der Waals surface area contributed by atoms with E-state index in [4.69, 9.17) is 4.74 Å². The van der Waals surface area contributed by atoms with Gasteiger partial charge in [0.1, 0.15) is 0 Å². The predicted molar refractivity (Wildman–Crippen MR) is 104 cm³/mol. The largest absolute Gasteiger partial charge is 0.465 e. The Kier molecular flexibility index (Phi) is 16.8. The highest BCUT2D eigenvalue weighted by Crippen LogP contribution is 2.15. The highest BCUT2D eigenvalue weighted by Gasteiger charge is 2.13. The number of hydrogen-bond donors (Lipinski definition) is 0. The topological polar surface area (TPSA) is 26.3 Å². The smallest absolute Gasteiger partial charge is 0.308 e. The van der Waals surface area contributed by atoms with Gasteiger partial charge in [-0.2, -0.15) is 0 Å². The van der Waals surface area contributed by atoms with Crippen LogP contribution in [-0.2, 0) is 9.53 Å². The third-order valence-electron chi connectivity index (χ3n) is 4.34. The predicted octanol–water partition coefficient (Wildman–Crippen LogP) is 6.90. The molecule has 0 aromatic rings. The van der Waals surface area contributed by atoms with Crippen molar-refractivity contribution in [1.29, 1.82) is 0 Å². The molecule has 2 nitrogen and oxygen atoms in total. The van der Waals surface area contributed by atoms with Gasteiger partial charge >= 0.3 is 5.97 Å². The average molecular weight is 391 g/mol. The van der Waals surface area contributed by atoms with E-state index in [0.717, 1.165) is 30.5 Å². The molecule has 0 saturated carbocycles. The lowest BCUT2D eigenvalue weighted by Gasteiger charge is -2.11. The molecule has 0 saturated heterocycles. The maximum atomic E-state index is 11.9. The van der Waals surface area contributed by atoms with E-state index in [2.05, 4.69) is 29.8 Å². The van der Waals surface area contributed by atoms with Gasteiger partial charge in [-0.3, -0.25) is 4.79 Å². The van der Waals surface area contributed by atoms with Crippen molar-refractivity contribution in [3.8, 4) is 0 Å². The van der Waals surface area contributed by atoms with Crippen LogP contribution < -0.4 is 0 Å². The molecule has 138 valence electrons. The molecule has 0 aliphatic rings. The lowest BCUT2D eigenvalue weighted by atomic mass is 10.0. The first-order chi connectivity index (χ1) is 11.1. The number of alkyl halides is 1. The lowest BCUT2D eigenvalue weighted by Crippen LogP contribution is -2.15. The van der Waals surface area contributed by atoms with Crippen molar-refractivity contribution in [3.05, 3.63) is 0 Å². The maximum Gasteiger partial charge on any atom is 0.308 e. The summed E-state index contributed by atoms with van der Waals surface area (Å²) in [5.74, 6) is 0.901. The molecule has 0 bridgehead atoms. The van der Waals surface area contributed by atoms with Crippen LogP contribution in [0, 0.1) is 11.8 Å². The van der Waals surface area contributed by atoms with Crippen molar-refractivity contribution in [3.63, 3.8) is 0 Å². The Balaban J connectivity index is 3.38. The molecule has 0 heterocycles. The minimum atomic E-state index is 0.00488. The first kappa shape index (κ1) is 22.9. The van der Waals surface area contributed by atoms with Crippen LogP contribution in [0.1, 0.15) is 97.8 Å². The van der Waals surface area contributed by atoms with Crippen LogP contribution >= 0.6 is 15.9 Å². The van der Waals surface area contributed by atoms with Crippen LogP contribution in [0.5, 0.6) is 0 Å². The quantitative estimate of drug-likeness (QED) is 0.163. The third-order valence-corrected chi connectivity index (χ3v) is 4.90. The van der Waals surface area contributed by atoms with Gasteiger partial charge in [0.05, 0.1) is 12.5 Å². The highest BCUT2D eigenvalue weighted by molar-refractivity contribution is 9.09. The number of unbranched alkanes of at least 4 members (excludes halogenated alkanes) is 8. The number of esters is 1. The van der Waals surface area contributed by atoms with Crippen molar-refractivity contribution in [1.82, 2.24) is 0 Å². The average Bonchev–Trinajstić information content (AvgIpc) is 2.52. The van der Waals surface area contributed by atoms with Gasteiger partial charge in [-0.1, -0.05) is 94.5 Å². The van der Waals surface area contributed by atoms with Gasteiger partial charge in [0.15, 0.2) is 0 Å². The molecule has 1 atom stereocenters. The van der Waals surface area contributed by atoms with Crippen LogP contribution in [0.15, 0.2) is 0 Å². The van der Waals surface area contributed by atoms with Gasteiger partial charge in [-0.05, 0) is 25.2 Å². The number of rotatable bonds is 16. The number of carbonyl (C=O) groups excluding carboxylic acids is 1. The molecule has 0 aliphatic heterocycles. The summed E-state index contributed by atoms with van der Waals surface area (Å²) in [5.41, 5.74) is 0. The molecule has 0 aromatic heterocycles. The fourth-order valence-corrected chi connectivity index (χ4v) is 3.09. The van der Waals surface area contributed by atoms with Gasteiger partial charge in [0, 0.05) is 5.33 Å². The van der Waals surface area contributed by atoms with Gasteiger partial charge < -0.3 is 4.74 Å². The Morgan fingerprint density at radius 1 is 0.783 bits per heavy atom. The summed E-state index contributed by atoms with van der Waals surface area (Å²) in [7, 11) is 0. The lowest BCUT2D eigenvalue weighted by molar-refractivity contribution is -0.148. The molecule has 0 radical (unpaired) electrons. The minimum Gasteiger partial charge on any atom is -0.465 e. The normalized spacial score (nSPS) is 12.6. The van der Waals surface area contributed by atoms with Gasteiger partial charge in [0.25, 0.3) is 0 Å². The number of halogens is 1. The molecule has 3 heteroatoms. The molecule has 0 aliphatic carbocycles. The van der Waals surface area contributed by atoms with Crippen LogP contribution in [0.25, 0.3) is 0 Å². The molecule has 0 amide bonds. The molecular formula is C20H39BrO2. The van der Waals surface area contributed by atoms with E-state index in [-0.39, 0.29) is 11.9 Å². The van der Waals surface area contributed by atoms with Crippen LogP contribution in [0.2, 0.25) is 0 Å². The Bertz CT molecular complexity index is 266. The van der Waals surface area contributed by atoms with Crippen molar-refractivity contribution in [2.24, 2.45) is 11.8 Å². The zero-order valence-corrected chi connectivity index (χ0v) is 17.3. The van der Waals surface area contributed by atoms with E-state index in [1.54, 1.807) is 0 Å². The summed E-state index contributed by atoms with van der Waals surface area (Å²) in [6, 6.07) is 0. The van der Waals surface area contributed by atoms with Crippen molar-refractivity contribution >= 4 is 21.9 Å². The van der Waals surface area contributed by atoms with Crippen LogP contribution in [0.4, 0.5) is 0 Å². The molecular weight excluding hydrogens is 352 g/mol. The van der Waals surface area contributed by atoms with Gasteiger partial charge in [0.2, 0.25) is 0 Å². The molecule has 0 aromatic carbocycles. The van der Waals surface area contributed by atoms with Gasteiger partial charge in [-0.25, -0.2) is 0 Å². The Labute approximate surface area is 153 Å². The molecule has 0 spiro atoms. The minimum absolute atomic E-state index is 0.00488. The van der Waals surface area contributed by atoms with Crippen LogP contribution in [0.3, 0.4) is 0 Å². The zero-order valence-electron chi connectivity index (χ0n) is 15.7. The Morgan fingerprint density at radius 3 is 1.91 bits per heavy atom. The van der Waals surface area contributed by atoms with Crippen molar-refractivity contribution < 1.29 is 9.53 Å². The molecule has 0 fully saturated rings. The summed E-state index contributed by atoms with van der Waals surface area (Å²) >= 11 is 3.44. The van der Waals surface area contributed by atoms with Crippen LogP contribution in [-0.4, -0.2) is 17.9 Å². The number of carbonyl (C=O) groups is 1. The molecule has 1 unspecified atom stereocenters. The second-order valence-electron chi connectivity index (χ2n) is 7.26. The summed E-state index contributed by atoms with van der Waals surface area (Å²) in [6.45, 7) is 7.19. The third kappa shape index (κ3) is 16.6. The van der Waals surface area contributed by atoms with E-state index in [1.165, 1.54) is 57.8 Å². The Hall–Kier alpha value is -0.0500. The summed E-state index contributed by atoms with van der Waals surface area (Å²) < 4.78 is 5.38. The van der Waals surface area contributed by atoms with Gasteiger partial charge in [-0.15, -0.1) is 0 Å². The summed E-state index contributed by atoms with van der Waals surface area (Å²) in [4.78, 5) is 11.9. The summed E-state index contributed by atoms with van der Waals surface area (Å²) in [6.07, 6.45) is 14.7. The van der Waals surface area contributed by atoms with Crippen molar-refractivity contribution in [2.75, 3.05) is 11.9 Å². The molecule has 0 N–H and O–H groups in total. The highest BCUT2D eigenvalue weighted by atomic mass is 79.9. The molecule has 0 rings (SSSR count). The fraction of sp³-hybridized carbons (Fsp3) is 0.950. The first-order valence-corrected chi connectivity index (χ1v) is 10.9. The second-order valence-corrected chi connectivity index (χ2v) is 8.06. The number of ether oxygens (including phenoxy) is 1. The number of hydrogen-bond acceptors (Lipinski definition) is 2. The first-order valence-electron chi connectivity index (χ1n) is 9.80. The standard InChI is InChI=1S/C20H39BrO2/c1-18(2)14-10-6-4-7-11-15-19(3)20(22)23-17-13-9-5-8-12-16-21/h18-19H,4-17H2,1-3H3.